The van der Waals surface area contributed by atoms with Crippen molar-refractivity contribution in [3.8, 4) is 0 Å². The van der Waals surface area contributed by atoms with Crippen LogP contribution in [0.1, 0.15) is 112 Å². The normalized spacial score (nSPS) is 13.5. The van der Waals surface area contributed by atoms with E-state index in [1.165, 1.54) is 0 Å². The Morgan fingerprint density at radius 3 is 1.82 bits per heavy atom. The van der Waals surface area contributed by atoms with Crippen LogP contribution in [0, 0.1) is 27.7 Å². The van der Waals surface area contributed by atoms with E-state index in [0.717, 1.165) is 88.9 Å². The van der Waals surface area contributed by atoms with Crippen LogP contribution in [0.25, 0.3) is 24.3 Å². The highest BCUT2D eigenvalue weighted by Crippen LogP contribution is 2.31. The number of aromatic nitrogens is 4. The number of rotatable bonds is 10. The molecule has 1 aliphatic heterocycles. The van der Waals surface area contributed by atoms with E-state index < -0.39 is 24.1 Å². The molecule has 0 amide bonds. The van der Waals surface area contributed by atoms with Crippen molar-refractivity contribution in [3.05, 3.63) is 125 Å². The average molecular weight is 691 g/mol. The van der Waals surface area contributed by atoms with E-state index in [9.17, 15) is 30.0 Å². The van der Waals surface area contributed by atoms with Gasteiger partial charge in [-0.25, -0.2) is 0 Å². The summed E-state index contributed by atoms with van der Waals surface area (Å²) in [5.41, 5.74) is 11.1. The molecule has 0 aliphatic carbocycles. The molecule has 0 radical (unpaired) electrons. The van der Waals surface area contributed by atoms with Crippen LogP contribution in [0.4, 0.5) is 0 Å². The molecular formula is C41H46N4O6. The predicted octanol–water partition coefficient (Wildman–Crippen LogP) is 3.52. The Morgan fingerprint density at radius 2 is 1.20 bits per heavy atom. The summed E-state index contributed by atoms with van der Waals surface area (Å²) in [6.07, 6.45) is 6.92. The summed E-state index contributed by atoms with van der Waals surface area (Å²) >= 11 is 0. The summed E-state index contributed by atoms with van der Waals surface area (Å²) in [5.74, 6) is -1.80. The second kappa shape index (κ2) is 14.1. The average Bonchev–Trinajstić information content (AvgIpc) is 3.71. The quantitative estimate of drug-likeness (QED) is 0.116. The van der Waals surface area contributed by atoms with Crippen molar-refractivity contribution in [1.82, 2.24) is 19.5 Å². The Bertz CT molecular complexity index is 2400. The molecule has 10 heteroatoms. The van der Waals surface area contributed by atoms with Crippen LogP contribution < -0.4 is 21.4 Å². The van der Waals surface area contributed by atoms with Crippen molar-refractivity contribution >= 4 is 36.2 Å². The van der Waals surface area contributed by atoms with E-state index in [-0.39, 0.29) is 12.8 Å². The molecule has 1 aromatic carbocycles. The molecule has 7 N–H and O–H groups in total. The lowest BCUT2D eigenvalue weighted by Gasteiger charge is -2.12. The highest BCUT2D eigenvalue weighted by Gasteiger charge is 2.23. The highest BCUT2D eigenvalue weighted by molar-refractivity contribution is 5.70. The predicted molar refractivity (Wildman–Crippen MR) is 197 cm³/mol. The fourth-order valence-electron chi connectivity index (χ4n) is 7.63. The van der Waals surface area contributed by atoms with E-state index in [1.807, 2.05) is 64.1 Å². The van der Waals surface area contributed by atoms with Gasteiger partial charge in [0, 0.05) is 74.7 Å². The highest BCUT2D eigenvalue weighted by atomic mass is 16.4. The summed E-state index contributed by atoms with van der Waals surface area (Å²) < 4.78 is 2.20. The van der Waals surface area contributed by atoms with Crippen LogP contribution in [0.3, 0.4) is 0 Å². The second-order valence-electron chi connectivity index (χ2n) is 13.7. The molecule has 0 saturated heterocycles. The van der Waals surface area contributed by atoms with Gasteiger partial charge in [0.25, 0.3) is 0 Å². The van der Waals surface area contributed by atoms with Gasteiger partial charge in [-0.05, 0) is 118 Å². The van der Waals surface area contributed by atoms with Crippen LogP contribution in [0.2, 0.25) is 0 Å². The molecule has 8 bridgehead atoms. The Hall–Kier alpha value is -5.32. The van der Waals surface area contributed by atoms with Gasteiger partial charge in [0.1, 0.15) is 0 Å². The molecule has 5 heterocycles. The fraction of sp³-hybridized carbons (Fsp3) is 0.317. The summed E-state index contributed by atoms with van der Waals surface area (Å²) in [4.78, 5) is 34.2. The third-order valence-electron chi connectivity index (χ3n) is 10.3. The third-order valence-corrected chi connectivity index (χ3v) is 10.3. The number of aromatic amines is 3. The molecule has 2 unspecified atom stereocenters. The van der Waals surface area contributed by atoms with Crippen molar-refractivity contribution in [2.75, 3.05) is 0 Å². The molecule has 5 aromatic rings. The summed E-state index contributed by atoms with van der Waals surface area (Å²) in [5, 5.41) is 44.6. The minimum absolute atomic E-state index is 0.0568. The lowest BCUT2D eigenvalue weighted by atomic mass is 10.0. The van der Waals surface area contributed by atoms with Gasteiger partial charge in [-0.1, -0.05) is 30.3 Å². The molecule has 1 aliphatic rings. The molecule has 10 nitrogen and oxygen atoms in total. The molecule has 266 valence electrons. The van der Waals surface area contributed by atoms with Crippen molar-refractivity contribution in [2.24, 2.45) is 0 Å². The van der Waals surface area contributed by atoms with E-state index in [4.69, 9.17) is 0 Å². The zero-order chi connectivity index (χ0) is 36.7. The maximum Gasteiger partial charge on any atom is 0.303 e. The van der Waals surface area contributed by atoms with Crippen molar-refractivity contribution in [1.29, 1.82) is 0 Å². The number of carbonyl (C=O) groups is 2. The lowest BCUT2D eigenvalue weighted by molar-refractivity contribution is -0.138. The van der Waals surface area contributed by atoms with Gasteiger partial charge < -0.3 is 39.9 Å². The molecule has 0 saturated carbocycles. The minimum atomic E-state index is -0.901. The smallest absolute Gasteiger partial charge is 0.303 e. The second-order valence-corrected chi connectivity index (χ2v) is 13.7. The summed E-state index contributed by atoms with van der Waals surface area (Å²) in [6.45, 7) is 12.0. The molecule has 0 spiro atoms. The van der Waals surface area contributed by atoms with Gasteiger partial charge in [-0.2, -0.15) is 0 Å². The maximum atomic E-state index is 11.8. The van der Waals surface area contributed by atoms with E-state index in [1.54, 1.807) is 13.8 Å². The standard InChI is InChI=1S/C41H46N4O6/c1-21-28(12-14-38(48)49)33-17-34-29(13-15-39(50)51)22(2)31(43-34)18-36-24(4)41(26(6)47)37(45(36)20-27-10-8-7-9-11-27)19-32-23(3)40(25(5)46)35(44-32)16-30(21)42-33/h7-11,16-19,25-26,42-44,46-47H,12-15,20H2,1-6H3,(H,48,49)(H,50,51). The molecule has 6 rings (SSSR count). The monoisotopic (exact) mass is 690 g/mol. The Labute approximate surface area is 295 Å². The Morgan fingerprint density at radius 1 is 0.627 bits per heavy atom. The Balaban J connectivity index is 1.79. The van der Waals surface area contributed by atoms with Crippen LogP contribution in [-0.4, -0.2) is 51.9 Å². The number of aliphatic carboxylic acids is 2. The number of carboxylic acid groups (broad SMARTS) is 2. The van der Waals surface area contributed by atoms with Gasteiger partial charge >= 0.3 is 11.9 Å². The zero-order valence-electron chi connectivity index (χ0n) is 29.9. The van der Waals surface area contributed by atoms with Crippen molar-refractivity contribution in [3.63, 3.8) is 0 Å². The number of carboxylic acids is 2. The van der Waals surface area contributed by atoms with Gasteiger partial charge in [0.05, 0.1) is 12.2 Å². The van der Waals surface area contributed by atoms with Crippen LogP contribution in [-0.2, 0) is 29.0 Å². The van der Waals surface area contributed by atoms with Crippen molar-refractivity contribution < 1.29 is 30.0 Å². The van der Waals surface area contributed by atoms with Crippen molar-refractivity contribution in [2.45, 2.75) is 86.0 Å². The summed E-state index contributed by atoms with van der Waals surface area (Å²) in [6, 6.07) is 10.1. The lowest BCUT2D eigenvalue weighted by Crippen LogP contribution is -2.16. The number of hydrogen-bond acceptors (Lipinski definition) is 4. The number of aliphatic hydroxyl groups excluding tert-OH is 2. The third kappa shape index (κ3) is 6.89. The zero-order valence-corrected chi connectivity index (χ0v) is 29.9. The summed E-state index contributed by atoms with van der Waals surface area (Å²) in [7, 11) is 0. The number of nitrogens with one attached hydrogen (secondary N) is 3. The van der Waals surface area contributed by atoms with Gasteiger partial charge in [0.2, 0.25) is 0 Å². The first-order valence-corrected chi connectivity index (χ1v) is 17.4. The van der Waals surface area contributed by atoms with E-state index >= 15 is 0 Å². The first kappa shape index (κ1) is 35.5. The van der Waals surface area contributed by atoms with E-state index in [0.29, 0.717) is 24.7 Å². The molecule has 2 atom stereocenters. The van der Waals surface area contributed by atoms with E-state index in [2.05, 4.69) is 37.7 Å². The molecule has 4 aromatic heterocycles. The number of nitrogens with zero attached hydrogens (tertiary/aromatic N) is 1. The molecule has 51 heavy (non-hydrogen) atoms. The molecular weight excluding hydrogens is 644 g/mol. The van der Waals surface area contributed by atoms with Crippen LogP contribution in [0.15, 0.2) is 30.3 Å². The number of H-pyrrole nitrogens is 3. The number of fused-ring (bicyclic) bond motifs is 8. The minimum Gasteiger partial charge on any atom is -0.481 e. The van der Waals surface area contributed by atoms with Crippen LogP contribution >= 0.6 is 0 Å². The first-order chi connectivity index (χ1) is 24.2. The Kier molecular flexibility index (Phi) is 9.83. The maximum absolute atomic E-state index is 11.8. The SMILES string of the molecule is Cc1c2[nH]c(c1CCC(=O)O)C=c1[nH]c(c(C)c1CCC(=O)O)=Cc1c(C)c(C(C)O)c(n1Cc1ccccc1)C=c1[nH]c(c(C(C)O)c1C)=C2. The number of aliphatic hydroxyl groups is 2. The van der Waals surface area contributed by atoms with Gasteiger partial charge in [-0.3, -0.25) is 9.59 Å². The molecule has 0 fully saturated rings. The largest absolute Gasteiger partial charge is 0.481 e. The van der Waals surface area contributed by atoms with Gasteiger partial charge in [0.15, 0.2) is 0 Å². The number of benzene rings is 1. The topological polar surface area (TPSA) is 167 Å². The van der Waals surface area contributed by atoms with Gasteiger partial charge in [-0.15, -0.1) is 0 Å². The van der Waals surface area contributed by atoms with Crippen LogP contribution in [0.5, 0.6) is 0 Å². The first-order valence-electron chi connectivity index (χ1n) is 17.4. The fourth-order valence-corrected chi connectivity index (χ4v) is 7.63. The number of hydrogen-bond donors (Lipinski definition) is 7.